The maximum Gasteiger partial charge on any atom is 0.337 e. The summed E-state index contributed by atoms with van der Waals surface area (Å²) in [6.45, 7) is 8.43. The number of hydrogen-bond acceptors (Lipinski definition) is 4. The summed E-state index contributed by atoms with van der Waals surface area (Å²) in [6.07, 6.45) is 0. The van der Waals surface area contributed by atoms with Crippen LogP contribution in [0.5, 0.6) is 0 Å². The van der Waals surface area contributed by atoms with E-state index in [-0.39, 0.29) is 12.0 Å². The number of esters is 1. The van der Waals surface area contributed by atoms with Crippen molar-refractivity contribution < 1.29 is 9.53 Å². The minimum absolute atomic E-state index is 0.234. The van der Waals surface area contributed by atoms with Crippen LogP contribution in [0, 0.1) is 20.8 Å². The van der Waals surface area contributed by atoms with E-state index in [1.54, 1.807) is 6.07 Å². The van der Waals surface area contributed by atoms with Crippen LogP contribution in [0.1, 0.15) is 44.2 Å². The van der Waals surface area contributed by atoms with Crippen LogP contribution in [-0.2, 0) is 4.74 Å². The highest BCUT2D eigenvalue weighted by Gasteiger charge is 2.13. The van der Waals surface area contributed by atoms with Gasteiger partial charge in [-0.05, 0) is 63.1 Å². The summed E-state index contributed by atoms with van der Waals surface area (Å²) in [7, 11) is 1.40. The molecule has 0 aliphatic carbocycles. The number of ether oxygens (including phenoxy) is 1. The molecular weight excluding hydrogens is 282 g/mol. The molecule has 2 rings (SSSR count). The molecule has 1 atom stereocenters. The van der Waals surface area contributed by atoms with Crippen LogP contribution >= 0.6 is 11.3 Å². The topological polar surface area (TPSA) is 38.3 Å². The minimum Gasteiger partial charge on any atom is -0.465 e. The van der Waals surface area contributed by atoms with Crippen LogP contribution in [-0.4, -0.2) is 13.1 Å². The Kier molecular flexibility index (Phi) is 4.68. The second-order valence-corrected chi connectivity index (χ2v) is 6.72. The average Bonchev–Trinajstić information content (AvgIpc) is 2.79. The highest BCUT2D eigenvalue weighted by atomic mass is 32.1. The molecule has 4 heteroatoms. The monoisotopic (exact) mass is 303 g/mol. The van der Waals surface area contributed by atoms with E-state index in [4.69, 9.17) is 4.74 Å². The first-order chi connectivity index (χ1) is 9.92. The van der Waals surface area contributed by atoms with Gasteiger partial charge in [-0.1, -0.05) is 0 Å². The highest BCUT2D eigenvalue weighted by molar-refractivity contribution is 7.12. The van der Waals surface area contributed by atoms with E-state index >= 15 is 0 Å². The summed E-state index contributed by atoms with van der Waals surface area (Å²) in [4.78, 5) is 14.2. The molecule has 2 aromatic rings. The van der Waals surface area contributed by atoms with Gasteiger partial charge in [-0.2, -0.15) is 0 Å². The van der Waals surface area contributed by atoms with Gasteiger partial charge in [0.25, 0.3) is 0 Å². The zero-order valence-corrected chi connectivity index (χ0v) is 13.9. The van der Waals surface area contributed by atoms with E-state index in [1.807, 2.05) is 30.4 Å². The SMILES string of the molecule is COC(=O)c1ccc(NC(C)c2cc(C)sc2C)c(C)c1. The van der Waals surface area contributed by atoms with Crippen molar-refractivity contribution in [2.75, 3.05) is 12.4 Å². The lowest BCUT2D eigenvalue weighted by atomic mass is 10.1. The highest BCUT2D eigenvalue weighted by Crippen LogP contribution is 2.29. The molecule has 112 valence electrons. The first-order valence-corrected chi connectivity index (χ1v) is 7.76. The molecule has 0 fully saturated rings. The predicted molar refractivity (Wildman–Crippen MR) is 88.3 cm³/mol. The molecule has 1 unspecified atom stereocenters. The van der Waals surface area contributed by atoms with Gasteiger partial charge in [0.05, 0.1) is 12.7 Å². The average molecular weight is 303 g/mol. The molecule has 0 aliphatic heterocycles. The van der Waals surface area contributed by atoms with Crippen LogP contribution in [0.3, 0.4) is 0 Å². The molecule has 1 aromatic carbocycles. The van der Waals surface area contributed by atoms with Crippen molar-refractivity contribution in [3.8, 4) is 0 Å². The molecule has 0 saturated heterocycles. The van der Waals surface area contributed by atoms with Gasteiger partial charge in [0.15, 0.2) is 0 Å². The van der Waals surface area contributed by atoms with E-state index in [1.165, 1.54) is 22.4 Å². The van der Waals surface area contributed by atoms with E-state index in [2.05, 4.69) is 32.2 Å². The van der Waals surface area contributed by atoms with Gasteiger partial charge in [-0.25, -0.2) is 4.79 Å². The summed E-state index contributed by atoms with van der Waals surface area (Å²) in [6, 6.07) is 8.05. The first kappa shape index (κ1) is 15.6. The molecule has 1 N–H and O–H groups in total. The summed E-state index contributed by atoms with van der Waals surface area (Å²) in [5.74, 6) is -0.304. The van der Waals surface area contributed by atoms with Gasteiger partial charge >= 0.3 is 5.97 Å². The van der Waals surface area contributed by atoms with Crippen molar-refractivity contribution in [2.24, 2.45) is 0 Å². The van der Waals surface area contributed by atoms with Crippen molar-refractivity contribution in [3.05, 3.63) is 50.7 Å². The zero-order valence-electron chi connectivity index (χ0n) is 13.1. The van der Waals surface area contributed by atoms with Gasteiger partial charge in [0.2, 0.25) is 0 Å². The van der Waals surface area contributed by atoms with Gasteiger partial charge in [0, 0.05) is 21.5 Å². The van der Waals surface area contributed by atoms with E-state index < -0.39 is 0 Å². The Hall–Kier alpha value is -1.81. The third-order valence-corrected chi connectivity index (χ3v) is 4.55. The lowest BCUT2D eigenvalue weighted by Gasteiger charge is -2.17. The molecule has 0 bridgehead atoms. The Labute approximate surface area is 130 Å². The molecule has 3 nitrogen and oxygen atoms in total. The first-order valence-electron chi connectivity index (χ1n) is 6.94. The Morgan fingerprint density at radius 2 is 1.95 bits per heavy atom. The normalized spacial score (nSPS) is 12.0. The van der Waals surface area contributed by atoms with Gasteiger partial charge in [-0.15, -0.1) is 11.3 Å². The van der Waals surface area contributed by atoms with Gasteiger partial charge < -0.3 is 10.1 Å². The third-order valence-electron chi connectivity index (χ3n) is 3.57. The lowest BCUT2D eigenvalue weighted by molar-refractivity contribution is 0.0600. The second-order valence-electron chi connectivity index (χ2n) is 5.26. The van der Waals surface area contributed by atoms with Crippen LogP contribution in [0.25, 0.3) is 0 Å². The Balaban J connectivity index is 2.20. The fraction of sp³-hybridized carbons (Fsp3) is 0.353. The number of aryl methyl sites for hydroxylation is 3. The van der Waals surface area contributed by atoms with E-state index in [9.17, 15) is 4.79 Å². The second kappa shape index (κ2) is 6.31. The number of hydrogen-bond donors (Lipinski definition) is 1. The molecule has 0 radical (unpaired) electrons. The van der Waals surface area contributed by atoms with Crippen molar-refractivity contribution in [3.63, 3.8) is 0 Å². The van der Waals surface area contributed by atoms with Crippen LogP contribution in [0.2, 0.25) is 0 Å². The smallest absolute Gasteiger partial charge is 0.337 e. The number of carbonyl (C=O) groups excluding carboxylic acids is 1. The summed E-state index contributed by atoms with van der Waals surface area (Å²) < 4.78 is 4.74. The van der Waals surface area contributed by atoms with E-state index in [0.29, 0.717) is 5.56 Å². The standard InChI is InChI=1S/C17H21NO2S/c1-10-8-14(17(19)20-5)6-7-16(10)18-12(3)15-9-11(2)21-13(15)4/h6-9,12,18H,1-5H3. The van der Waals surface area contributed by atoms with Crippen LogP contribution < -0.4 is 5.32 Å². The van der Waals surface area contributed by atoms with Crippen molar-refractivity contribution in [2.45, 2.75) is 33.7 Å². The largest absolute Gasteiger partial charge is 0.465 e. The molecule has 1 aromatic heterocycles. The minimum atomic E-state index is -0.304. The summed E-state index contributed by atoms with van der Waals surface area (Å²) >= 11 is 1.82. The molecule has 1 heterocycles. The van der Waals surface area contributed by atoms with Crippen molar-refractivity contribution >= 4 is 23.0 Å². The van der Waals surface area contributed by atoms with E-state index in [0.717, 1.165) is 11.3 Å². The number of nitrogens with one attached hydrogen (secondary N) is 1. The lowest BCUT2D eigenvalue weighted by Crippen LogP contribution is -2.09. The fourth-order valence-corrected chi connectivity index (χ4v) is 3.48. The van der Waals surface area contributed by atoms with Gasteiger partial charge in [0.1, 0.15) is 0 Å². The van der Waals surface area contributed by atoms with Gasteiger partial charge in [-0.3, -0.25) is 0 Å². The summed E-state index contributed by atoms with van der Waals surface area (Å²) in [5.41, 5.74) is 3.98. The molecule has 0 saturated carbocycles. The predicted octanol–water partition coefficient (Wildman–Crippen LogP) is 4.63. The molecule has 0 amide bonds. The number of carbonyl (C=O) groups is 1. The quantitative estimate of drug-likeness (QED) is 0.837. The Morgan fingerprint density at radius 3 is 2.48 bits per heavy atom. The van der Waals surface area contributed by atoms with Crippen molar-refractivity contribution in [1.82, 2.24) is 0 Å². The number of methoxy groups -OCH3 is 1. The van der Waals surface area contributed by atoms with Crippen LogP contribution in [0.4, 0.5) is 5.69 Å². The number of rotatable bonds is 4. The molecule has 0 spiro atoms. The molecule has 0 aliphatic rings. The summed E-state index contributed by atoms with van der Waals surface area (Å²) in [5, 5.41) is 3.52. The Morgan fingerprint density at radius 1 is 1.24 bits per heavy atom. The molecular formula is C17H21NO2S. The Bertz CT molecular complexity index is 661. The fourth-order valence-electron chi connectivity index (χ4n) is 2.46. The number of thiophene rings is 1. The maximum atomic E-state index is 11.5. The molecule has 21 heavy (non-hydrogen) atoms. The third kappa shape index (κ3) is 3.45. The number of benzene rings is 1. The van der Waals surface area contributed by atoms with Crippen molar-refractivity contribution in [1.29, 1.82) is 0 Å². The number of anilines is 1. The maximum absolute atomic E-state index is 11.5. The zero-order chi connectivity index (χ0) is 15.6. The van der Waals surface area contributed by atoms with Crippen LogP contribution in [0.15, 0.2) is 24.3 Å².